The van der Waals surface area contributed by atoms with Gasteiger partial charge in [-0.25, -0.2) is 0 Å². The van der Waals surface area contributed by atoms with Gasteiger partial charge in [-0.1, -0.05) is 27.2 Å². The molecule has 2 nitrogen and oxygen atoms in total. The highest BCUT2D eigenvalue weighted by molar-refractivity contribution is 5.69. The maximum absolute atomic E-state index is 11.1. The second kappa shape index (κ2) is 6.93. The Labute approximate surface area is 81.7 Å². The van der Waals surface area contributed by atoms with Gasteiger partial charge < -0.3 is 4.74 Å². The third-order valence-corrected chi connectivity index (χ3v) is 2.32. The van der Waals surface area contributed by atoms with E-state index >= 15 is 0 Å². The van der Waals surface area contributed by atoms with Gasteiger partial charge in [0, 0.05) is 6.42 Å². The van der Waals surface area contributed by atoms with Crippen LogP contribution in [-0.4, -0.2) is 12.6 Å². The number of rotatable bonds is 6. The molecule has 0 saturated heterocycles. The number of carbonyl (C=O) groups excluding carboxylic acids is 1. The molecule has 0 unspecified atom stereocenters. The average Bonchev–Trinajstić information content (AvgIpc) is 2.04. The van der Waals surface area contributed by atoms with Crippen molar-refractivity contribution in [2.24, 2.45) is 11.8 Å². The summed E-state index contributed by atoms with van der Waals surface area (Å²) in [6.07, 6.45) is 2.88. The molecule has 13 heavy (non-hydrogen) atoms. The highest BCUT2D eigenvalue weighted by Gasteiger charge is 2.12. The van der Waals surface area contributed by atoms with Gasteiger partial charge in [0.25, 0.3) is 0 Å². The zero-order valence-electron chi connectivity index (χ0n) is 9.30. The van der Waals surface area contributed by atoms with Gasteiger partial charge in [-0.2, -0.15) is 0 Å². The van der Waals surface area contributed by atoms with Crippen molar-refractivity contribution in [3.05, 3.63) is 0 Å². The van der Waals surface area contributed by atoms with E-state index in [0.29, 0.717) is 24.9 Å². The van der Waals surface area contributed by atoms with Crippen LogP contribution in [0.3, 0.4) is 0 Å². The van der Waals surface area contributed by atoms with Crippen molar-refractivity contribution >= 4 is 5.97 Å². The summed E-state index contributed by atoms with van der Waals surface area (Å²) in [6, 6.07) is 0. The van der Waals surface area contributed by atoms with Crippen molar-refractivity contribution in [3.63, 3.8) is 0 Å². The Hall–Kier alpha value is -0.530. The monoisotopic (exact) mass is 186 g/mol. The molecule has 0 rings (SSSR count). The molecule has 78 valence electrons. The molecule has 0 fully saturated rings. The molecule has 0 aliphatic carbocycles. The van der Waals surface area contributed by atoms with Crippen LogP contribution in [0.1, 0.15) is 47.0 Å². The van der Waals surface area contributed by atoms with E-state index in [1.807, 2.05) is 6.92 Å². The standard InChI is InChI=1S/C11H22O2/c1-5-9(3)7-10(4)8-11(12)13-6-2/h9-10H,5-8H2,1-4H3/t9-,10+/m0/s1. The van der Waals surface area contributed by atoms with Crippen LogP contribution in [0.25, 0.3) is 0 Å². The molecule has 0 amide bonds. The van der Waals surface area contributed by atoms with E-state index < -0.39 is 0 Å². The van der Waals surface area contributed by atoms with E-state index in [1.54, 1.807) is 0 Å². The predicted molar refractivity (Wildman–Crippen MR) is 54.5 cm³/mol. The summed E-state index contributed by atoms with van der Waals surface area (Å²) in [4.78, 5) is 11.1. The van der Waals surface area contributed by atoms with E-state index in [2.05, 4.69) is 20.8 Å². The number of esters is 1. The first-order valence-corrected chi connectivity index (χ1v) is 5.25. The van der Waals surface area contributed by atoms with Gasteiger partial charge in [0.1, 0.15) is 0 Å². The molecular weight excluding hydrogens is 164 g/mol. The zero-order valence-corrected chi connectivity index (χ0v) is 9.30. The summed E-state index contributed by atoms with van der Waals surface area (Å²) < 4.78 is 4.89. The highest BCUT2D eigenvalue weighted by atomic mass is 16.5. The molecule has 0 aromatic heterocycles. The maximum Gasteiger partial charge on any atom is 0.306 e. The zero-order chi connectivity index (χ0) is 10.3. The summed E-state index contributed by atoms with van der Waals surface area (Å²) in [7, 11) is 0. The fourth-order valence-electron chi connectivity index (χ4n) is 1.44. The van der Waals surface area contributed by atoms with Crippen molar-refractivity contribution in [2.75, 3.05) is 6.61 Å². The molecule has 0 aromatic rings. The normalized spacial score (nSPS) is 15.1. The molecule has 0 heterocycles. The third-order valence-electron chi connectivity index (χ3n) is 2.32. The predicted octanol–water partition coefficient (Wildman–Crippen LogP) is 3.01. The third kappa shape index (κ3) is 6.62. The van der Waals surface area contributed by atoms with E-state index in [-0.39, 0.29) is 5.97 Å². The van der Waals surface area contributed by atoms with Crippen LogP contribution in [0, 0.1) is 11.8 Å². The Morgan fingerprint density at radius 2 is 1.85 bits per heavy atom. The smallest absolute Gasteiger partial charge is 0.306 e. The van der Waals surface area contributed by atoms with Gasteiger partial charge in [-0.3, -0.25) is 4.79 Å². The summed E-state index contributed by atoms with van der Waals surface area (Å²) in [5.74, 6) is 1.11. The quantitative estimate of drug-likeness (QED) is 0.596. The molecule has 0 bridgehead atoms. The molecule has 2 atom stereocenters. The summed E-state index contributed by atoms with van der Waals surface area (Å²) in [5.41, 5.74) is 0. The maximum atomic E-state index is 11.1. The molecule has 2 heteroatoms. The first-order chi connectivity index (χ1) is 6.10. The van der Waals surface area contributed by atoms with Crippen LogP contribution in [0.5, 0.6) is 0 Å². The lowest BCUT2D eigenvalue weighted by Gasteiger charge is -2.14. The van der Waals surface area contributed by atoms with Gasteiger partial charge in [0.15, 0.2) is 0 Å². The van der Waals surface area contributed by atoms with Gasteiger partial charge in [0.05, 0.1) is 6.61 Å². The summed E-state index contributed by atoms with van der Waals surface area (Å²) in [5, 5.41) is 0. The minimum Gasteiger partial charge on any atom is -0.466 e. The molecular formula is C11H22O2. The second-order valence-electron chi connectivity index (χ2n) is 3.86. The Bertz CT molecular complexity index is 143. The van der Waals surface area contributed by atoms with Crippen molar-refractivity contribution in [2.45, 2.75) is 47.0 Å². The molecule has 0 saturated carbocycles. The van der Waals surface area contributed by atoms with Crippen LogP contribution < -0.4 is 0 Å². The number of carbonyl (C=O) groups is 1. The van der Waals surface area contributed by atoms with Crippen molar-refractivity contribution in [1.82, 2.24) is 0 Å². The Morgan fingerprint density at radius 1 is 1.23 bits per heavy atom. The topological polar surface area (TPSA) is 26.3 Å². The van der Waals surface area contributed by atoms with Gasteiger partial charge in [0.2, 0.25) is 0 Å². The molecule has 0 spiro atoms. The minimum atomic E-state index is -0.0571. The summed E-state index contributed by atoms with van der Waals surface area (Å²) >= 11 is 0. The molecule has 0 aliphatic heterocycles. The van der Waals surface area contributed by atoms with Crippen molar-refractivity contribution < 1.29 is 9.53 Å². The highest BCUT2D eigenvalue weighted by Crippen LogP contribution is 2.17. The number of hydrogen-bond donors (Lipinski definition) is 0. The Balaban J connectivity index is 3.60. The van der Waals surface area contributed by atoms with E-state index in [9.17, 15) is 4.79 Å². The Morgan fingerprint density at radius 3 is 2.31 bits per heavy atom. The van der Waals surface area contributed by atoms with Crippen LogP contribution in [0.4, 0.5) is 0 Å². The van der Waals surface area contributed by atoms with Crippen molar-refractivity contribution in [3.8, 4) is 0 Å². The lowest BCUT2D eigenvalue weighted by atomic mass is 9.93. The van der Waals surface area contributed by atoms with Crippen LogP contribution in [0.15, 0.2) is 0 Å². The second-order valence-corrected chi connectivity index (χ2v) is 3.86. The fraction of sp³-hybridized carbons (Fsp3) is 0.909. The SMILES string of the molecule is CCOC(=O)C[C@H](C)C[C@@H](C)CC. The van der Waals surface area contributed by atoms with Crippen molar-refractivity contribution in [1.29, 1.82) is 0 Å². The fourth-order valence-corrected chi connectivity index (χ4v) is 1.44. The lowest BCUT2D eigenvalue weighted by molar-refractivity contribution is -0.144. The van der Waals surface area contributed by atoms with E-state index in [1.165, 1.54) is 6.42 Å². The van der Waals surface area contributed by atoms with Crippen LogP contribution >= 0.6 is 0 Å². The summed E-state index contributed by atoms with van der Waals surface area (Å²) in [6.45, 7) is 8.86. The molecule has 0 radical (unpaired) electrons. The van der Waals surface area contributed by atoms with Gasteiger partial charge >= 0.3 is 5.97 Å². The van der Waals surface area contributed by atoms with Crippen LogP contribution in [0.2, 0.25) is 0 Å². The molecule has 0 N–H and O–H groups in total. The van der Waals surface area contributed by atoms with Gasteiger partial charge in [-0.15, -0.1) is 0 Å². The number of ether oxygens (including phenoxy) is 1. The van der Waals surface area contributed by atoms with E-state index in [0.717, 1.165) is 6.42 Å². The largest absolute Gasteiger partial charge is 0.466 e. The van der Waals surface area contributed by atoms with E-state index in [4.69, 9.17) is 4.74 Å². The first-order valence-electron chi connectivity index (χ1n) is 5.25. The average molecular weight is 186 g/mol. The Kier molecular flexibility index (Phi) is 6.65. The molecule has 0 aromatic carbocycles. The first kappa shape index (κ1) is 12.5. The minimum absolute atomic E-state index is 0.0571. The lowest BCUT2D eigenvalue weighted by Crippen LogP contribution is -2.11. The van der Waals surface area contributed by atoms with Gasteiger partial charge in [-0.05, 0) is 25.2 Å². The molecule has 0 aliphatic rings. The van der Waals surface area contributed by atoms with Crippen LogP contribution in [-0.2, 0) is 9.53 Å². The number of hydrogen-bond acceptors (Lipinski definition) is 2.